The van der Waals surface area contributed by atoms with Crippen LogP contribution in [0.3, 0.4) is 0 Å². The molecule has 0 radical (unpaired) electrons. The summed E-state index contributed by atoms with van der Waals surface area (Å²) < 4.78 is 27.7. The predicted molar refractivity (Wildman–Crippen MR) is 102 cm³/mol. The van der Waals surface area contributed by atoms with Crippen LogP contribution in [-0.4, -0.2) is 31.7 Å². The first kappa shape index (κ1) is 18.6. The summed E-state index contributed by atoms with van der Waals surface area (Å²) >= 11 is 4.79. The summed E-state index contributed by atoms with van der Waals surface area (Å²) in [6.45, 7) is 1.54. The van der Waals surface area contributed by atoms with Crippen molar-refractivity contribution in [3.05, 3.63) is 50.6 Å². The molecule has 0 atom stereocenters. The molecule has 1 amide bonds. The zero-order valence-electron chi connectivity index (χ0n) is 13.6. The van der Waals surface area contributed by atoms with Gasteiger partial charge in [0, 0.05) is 25.0 Å². The molecule has 0 unspecified atom stereocenters. The number of thiophene rings is 1. The first-order chi connectivity index (χ1) is 12.0. The molecule has 8 heteroatoms. The molecular formula is C17H19BrN2O3S2. The van der Waals surface area contributed by atoms with Crippen molar-refractivity contribution >= 4 is 43.2 Å². The summed E-state index contributed by atoms with van der Waals surface area (Å²) in [5.74, 6) is -0.146. The van der Waals surface area contributed by atoms with Crippen LogP contribution in [0.15, 0.2) is 44.4 Å². The molecule has 1 aromatic carbocycles. The summed E-state index contributed by atoms with van der Waals surface area (Å²) in [7, 11) is -3.41. The molecule has 1 fully saturated rings. The molecule has 1 aliphatic heterocycles. The van der Waals surface area contributed by atoms with Crippen molar-refractivity contribution in [2.45, 2.75) is 30.7 Å². The average molecular weight is 443 g/mol. The van der Waals surface area contributed by atoms with Crippen molar-refractivity contribution in [3.8, 4) is 0 Å². The normalized spacial score (nSPS) is 15.9. The Morgan fingerprint density at radius 2 is 1.84 bits per heavy atom. The fraction of sp³-hybridized carbons (Fsp3) is 0.353. The zero-order valence-corrected chi connectivity index (χ0v) is 16.8. The number of nitrogens with zero attached hydrogens (tertiary/aromatic N) is 1. The van der Waals surface area contributed by atoms with Crippen LogP contribution >= 0.6 is 27.3 Å². The Balaban J connectivity index is 1.63. The number of hydrogen-bond acceptors (Lipinski definition) is 4. The van der Waals surface area contributed by atoms with Gasteiger partial charge < -0.3 is 5.32 Å². The van der Waals surface area contributed by atoms with Crippen molar-refractivity contribution in [2.75, 3.05) is 13.1 Å². The second-order valence-corrected chi connectivity index (χ2v) is 10.2. The molecule has 0 spiro atoms. The monoisotopic (exact) mass is 442 g/mol. The Hall–Kier alpha value is -1.22. The number of rotatable bonds is 5. The molecule has 0 aliphatic carbocycles. The Morgan fingerprint density at radius 3 is 2.44 bits per heavy atom. The lowest BCUT2D eigenvalue weighted by Gasteiger charge is -2.25. The average Bonchev–Trinajstić information content (AvgIpc) is 3.07. The third-order valence-corrected chi connectivity index (χ3v) is 7.58. The summed E-state index contributed by atoms with van der Waals surface area (Å²) in [6, 6.07) is 8.51. The van der Waals surface area contributed by atoms with Crippen molar-refractivity contribution in [1.82, 2.24) is 9.62 Å². The molecule has 0 saturated carbocycles. The number of sulfonamides is 1. The van der Waals surface area contributed by atoms with E-state index in [0.29, 0.717) is 30.1 Å². The number of nitrogens with one attached hydrogen (secondary N) is 1. The second-order valence-electron chi connectivity index (χ2n) is 5.93. The molecule has 1 N–H and O–H groups in total. The highest BCUT2D eigenvalue weighted by Crippen LogP contribution is 2.22. The Bertz CT molecular complexity index is 841. The molecule has 2 aromatic rings. The number of halogens is 1. The third kappa shape index (κ3) is 4.49. The van der Waals surface area contributed by atoms with Crippen LogP contribution < -0.4 is 5.32 Å². The van der Waals surface area contributed by atoms with E-state index in [0.717, 1.165) is 28.6 Å². The van der Waals surface area contributed by atoms with Gasteiger partial charge in [-0.2, -0.15) is 4.31 Å². The van der Waals surface area contributed by atoms with E-state index in [1.54, 1.807) is 40.0 Å². The lowest BCUT2D eigenvalue weighted by Crippen LogP contribution is -2.35. The van der Waals surface area contributed by atoms with Gasteiger partial charge in [0.25, 0.3) is 5.91 Å². The lowest BCUT2D eigenvalue weighted by molar-refractivity contribution is 0.0951. The largest absolute Gasteiger partial charge is 0.348 e. The molecule has 1 saturated heterocycles. The van der Waals surface area contributed by atoms with Gasteiger partial charge in [0.1, 0.15) is 0 Å². The third-order valence-electron chi connectivity index (χ3n) is 4.16. The van der Waals surface area contributed by atoms with Crippen molar-refractivity contribution in [1.29, 1.82) is 0 Å². The fourth-order valence-corrected chi connectivity index (χ4v) is 5.40. The minimum Gasteiger partial charge on any atom is -0.348 e. The van der Waals surface area contributed by atoms with Gasteiger partial charge in [0.05, 0.1) is 14.2 Å². The SMILES string of the molecule is O=C(NCc1ccc(S(=O)(=O)N2CCCCC2)cc1)c1csc(Br)c1. The molecular weight excluding hydrogens is 424 g/mol. The van der Waals surface area contributed by atoms with Crippen LogP contribution in [0.25, 0.3) is 0 Å². The van der Waals surface area contributed by atoms with Gasteiger partial charge in [-0.3, -0.25) is 4.79 Å². The highest BCUT2D eigenvalue weighted by molar-refractivity contribution is 9.11. The molecule has 1 aromatic heterocycles. The smallest absolute Gasteiger partial charge is 0.252 e. The van der Waals surface area contributed by atoms with E-state index >= 15 is 0 Å². The molecule has 1 aliphatic rings. The molecule has 25 heavy (non-hydrogen) atoms. The molecule has 0 bridgehead atoms. The first-order valence-electron chi connectivity index (χ1n) is 8.08. The van der Waals surface area contributed by atoms with Gasteiger partial charge in [-0.05, 0) is 52.5 Å². The van der Waals surface area contributed by atoms with E-state index in [9.17, 15) is 13.2 Å². The number of carbonyl (C=O) groups excluding carboxylic acids is 1. The summed E-state index contributed by atoms with van der Waals surface area (Å²) in [6.07, 6.45) is 2.93. The number of hydrogen-bond donors (Lipinski definition) is 1. The maximum absolute atomic E-state index is 12.6. The number of benzene rings is 1. The summed E-state index contributed by atoms with van der Waals surface area (Å²) in [4.78, 5) is 12.3. The Labute approximate surface area is 160 Å². The highest BCUT2D eigenvalue weighted by atomic mass is 79.9. The summed E-state index contributed by atoms with van der Waals surface area (Å²) in [5.41, 5.74) is 1.47. The van der Waals surface area contributed by atoms with Crippen molar-refractivity contribution in [2.24, 2.45) is 0 Å². The minimum atomic E-state index is -3.41. The fourth-order valence-electron chi connectivity index (χ4n) is 2.75. The Kier molecular flexibility index (Phi) is 5.93. The van der Waals surface area contributed by atoms with E-state index in [-0.39, 0.29) is 5.91 Å². The van der Waals surface area contributed by atoms with Crippen LogP contribution in [0.2, 0.25) is 0 Å². The van der Waals surface area contributed by atoms with E-state index in [2.05, 4.69) is 21.2 Å². The predicted octanol–water partition coefficient (Wildman–Crippen LogP) is 3.62. The van der Waals surface area contributed by atoms with Crippen LogP contribution in [0.5, 0.6) is 0 Å². The first-order valence-corrected chi connectivity index (χ1v) is 11.2. The Morgan fingerprint density at radius 1 is 1.16 bits per heavy atom. The highest BCUT2D eigenvalue weighted by Gasteiger charge is 2.25. The van der Waals surface area contributed by atoms with E-state index < -0.39 is 10.0 Å². The standard InChI is InChI=1S/C17H19BrN2O3S2/c18-16-10-14(12-24-16)17(21)19-11-13-4-6-15(7-5-13)25(22,23)20-8-2-1-3-9-20/h4-7,10,12H,1-3,8-9,11H2,(H,19,21). The maximum Gasteiger partial charge on any atom is 0.252 e. The van der Waals surface area contributed by atoms with E-state index in [1.165, 1.54) is 11.3 Å². The van der Waals surface area contributed by atoms with E-state index in [4.69, 9.17) is 0 Å². The van der Waals surface area contributed by atoms with Crippen molar-refractivity contribution < 1.29 is 13.2 Å². The van der Waals surface area contributed by atoms with Gasteiger partial charge >= 0.3 is 0 Å². The van der Waals surface area contributed by atoms with Gasteiger partial charge in [-0.25, -0.2) is 8.42 Å². The van der Waals surface area contributed by atoms with Crippen LogP contribution in [0.1, 0.15) is 35.2 Å². The van der Waals surface area contributed by atoms with Gasteiger partial charge in [0.15, 0.2) is 0 Å². The van der Waals surface area contributed by atoms with Crippen molar-refractivity contribution in [3.63, 3.8) is 0 Å². The van der Waals surface area contributed by atoms with E-state index in [1.807, 2.05) is 0 Å². The van der Waals surface area contributed by atoms with Crippen LogP contribution in [0.4, 0.5) is 0 Å². The van der Waals surface area contributed by atoms with Gasteiger partial charge in [0.2, 0.25) is 10.0 Å². The van der Waals surface area contributed by atoms with Gasteiger partial charge in [-0.15, -0.1) is 11.3 Å². The molecule has 134 valence electrons. The molecule has 2 heterocycles. The van der Waals surface area contributed by atoms with Gasteiger partial charge in [-0.1, -0.05) is 18.6 Å². The summed E-state index contributed by atoms with van der Waals surface area (Å²) in [5, 5.41) is 4.62. The molecule has 5 nitrogen and oxygen atoms in total. The second kappa shape index (κ2) is 7.99. The quantitative estimate of drug-likeness (QED) is 0.768. The number of amides is 1. The lowest BCUT2D eigenvalue weighted by atomic mass is 10.2. The topological polar surface area (TPSA) is 66.5 Å². The van der Waals surface area contributed by atoms with Crippen LogP contribution in [-0.2, 0) is 16.6 Å². The molecule has 3 rings (SSSR count). The zero-order chi connectivity index (χ0) is 17.9. The maximum atomic E-state index is 12.6. The van der Waals surface area contributed by atoms with Crippen LogP contribution in [0, 0.1) is 0 Å². The number of carbonyl (C=O) groups is 1. The minimum absolute atomic E-state index is 0.146. The number of piperidine rings is 1.